The second kappa shape index (κ2) is 5.82. The van der Waals surface area contributed by atoms with E-state index in [4.69, 9.17) is 0 Å². The van der Waals surface area contributed by atoms with E-state index in [0.717, 1.165) is 11.3 Å². The van der Waals surface area contributed by atoms with Gasteiger partial charge in [-0.05, 0) is 23.3 Å². The molecule has 0 radical (unpaired) electrons. The van der Waals surface area contributed by atoms with E-state index in [1.165, 1.54) is 12.5 Å². The zero-order valence-electron chi connectivity index (χ0n) is 10.3. The van der Waals surface area contributed by atoms with E-state index < -0.39 is 0 Å². The summed E-state index contributed by atoms with van der Waals surface area (Å²) >= 11 is 0. The second-order valence-corrected chi connectivity index (χ2v) is 4.05. The number of carbonyl (C=O) groups excluding carboxylic acids is 1. The normalized spacial score (nSPS) is 10.5. The average molecular weight is 237 g/mol. The Morgan fingerprint density at radius 1 is 0.889 bits per heavy atom. The Morgan fingerprint density at radius 3 is 2.00 bits per heavy atom. The van der Waals surface area contributed by atoms with Crippen LogP contribution in [-0.2, 0) is 4.79 Å². The van der Waals surface area contributed by atoms with E-state index in [1.54, 1.807) is 0 Å². The fourth-order valence-corrected chi connectivity index (χ4v) is 1.64. The van der Waals surface area contributed by atoms with Crippen molar-refractivity contribution in [2.24, 2.45) is 0 Å². The minimum absolute atomic E-state index is 0.0532. The average Bonchev–Trinajstić information content (AvgIpc) is 2.38. The van der Waals surface area contributed by atoms with Gasteiger partial charge in [-0.1, -0.05) is 54.6 Å². The van der Waals surface area contributed by atoms with Gasteiger partial charge in [0, 0.05) is 12.6 Å². The summed E-state index contributed by atoms with van der Waals surface area (Å²) in [5.74, 6) is -0.0532. The van der Waals surface area contributed by atoms with Crippen LogP contribution < -0.4 is 5.32 Å². The van der Waals surface area contributed by atoms with Crippen molar-refractivity contribution in [1.82, 2.24) is 0 Å². The van der Waals surface area contributed by atoms with Crippen molar-refractivity contribution in [3.63, 3.8) is 0 Å². The van der Waals surface area contributed by atoms with Gasteiger partial charge in [0.15, 0.2) is 0 Å². The van der Waals surface area contributed by atoms with Crippen molar-refractivity contribution >= 4 is 23.7 Å². The number of rotatable bonds is 3. The summed E-state index contributed by atoms with van der Waals surface area (Å²) in [6, 6.07) is 17.9. The molecular weight excluding hydrogens is 222 g/mol. The number of benzene rings is 2. The van der Waals surface area contributed by atoms with Crippen LogP contribution in [0, 0.1) is 0 Å². The van der Waals surface area contributed by atoms with Crippen molar-refractivity contribution in [2.75, 3.05) is 5.32 Å². The highest BCUT2D eigenvalue weighted by Crippen LogP contribution is 2.12. The van der Waals surface area contributed by atoms with Crippen LogP contribution in [0.5, 0.6) is 0 Å². The molecule has 2 heteroatoms. The molecule has 0 heterocycles. The Kier molecular flexibility index (Phi) is 3.92. The van der Waals surface area contributed by atoms with Crippen molar-refractivity contribution in [3.8, 4) is 0 Å². The van der Waals surface area contributed by atoms with E-state index in [1.807, 2.05) is 48.5 Å². The minimum Gasteiger partial charge on any atom is -0.326 e. The van der Waals surface area contributed by atoms with Gasteiger partial charge in [0.25, 0.3) is 0 Å². The third-order valence-corrected chi connectivity index (χ3v) is 2.50. The lowest BCUT2D eigenvalue weighted by Gasteiger charge is -2.01. The van der Waals surface area contributed by atoms with Gasteiger partial charge in [0.1, 0.15) is 0 Å². The molecule has 0 unspecified atom stereocenters. The van der Waals surface area contributed by atoms with Crippen LogP contribution in [0.3, 0.4) is 0 Å². The summed E-state index contributed by atoms with van der Waals surface area (Å²) in [4.78, 5) is 10.9. The molecular formula is C16H15NO. The Morgan fingerprint density at radius 2 is 1.44 bits per heavy atom. The fraction of sp³-hybridized carbons (Fsp3) is 0.0625. The number of amides is 1. The Bertz CT molecular complexity index is 541. The summed E-state index contributed by atoms with van der Waals surface area (Å²) < 4.78 is 0. The molecule has 0 aliphatic rings. The molecule has 1 amide bonds. The van der Waals surface area contributed by atoms with Gasteiger partial charge in [-0.25, -0.2) is 0 Å². The smallest absolute Gasteiger partial charge is 0.221 e. The lowest BCUT2D eigenvalue weighted by molar-refractivity contribution is -0.114. The van der Waals surface area contributed by atoms with E-state index in [0.29, 0.717) is 0 Å². The number of anilines is 1. The van der Waals surface area contributed by atoms with E-state index in [9.17, 15) is 4.79 Å². The van der Waals surface area contributed by atoms with E-state index in [-0.39, 0.29) is 5.91 Å². The number of hydrogen-bond acceptors (Lipinski definition) is 1. The Balaban J connectivity index is 2.06. The molecule has 2 nitrogen and oxygen atoms in total. The first kappa shape index (κ1) is 12.1. The van der Waals surface area contributed by atoms with Crippen LogP contribution in [0.1, 0.15) is 18.1 Å². The molecule has 90 valence electrons. The first-order chi connectivity index (χ1) is 8.74. The van der Waals surface area contributed by atoms with Crippen LogP contribution in [0.25, 0.3) is 12.2 Å². The molecule has 0 spiro atoms. The van der Waals surface area contributed by atoms with Crippen molar-refractivity contribution in [1.29, 1.82) is 0 Å². The molecule has 2 aromatic rings. The van der Waals surface area contributed by atoms with E-state index in [2.05, 4.69) is 23.5 Å². The highest BCUT2D eigenvalue weighted by atomic mass is 16.1. The van der Waals surface area contributed by atoms with Gasteiger partial charge in [-0.3, -0.25) is 4.79 Å². The lowest BCUT2D eigenvalue weighted by atomic mass is 10.1. The number of carbonyl (C=O) groups is 1. The SMILES string of the molecule is CC(=O)Nc1ccc(/C=C/c2ccccc2)cc1. The molecule has 0 aliphatic heterocycles. The molecule has 2 aromatic carbocycles. The summed E-state index contributed by atoms with van der Waals surface area (Å²) in [7, 11) is 0. The third-order valence-electron chi connectivity index (χ3n) is 2.50. The van der Waals surface area contributed by atoms with Crippen molar-refractivity contribution in [3.05, 3.63) is 65.7 Å². The molecule has 1 N–H and O–H groups in total. The molecule has 0 fully saturated rings. The molecule has 0 bridgehead atoms. The van der Waals surface area contributed by atoms with Gasteiger partial charge >= 0.3 is 0 Å². The summed E-state index contributed by atoms with van der Waals surface area (Å²) in [5.41, 5.74) is 3.09. The predicted molar refractivity (Wildman–Crippen MR) is 76.1 cm³/mol. The monoisotopic (exact) mass is 237 g/mol. The maximum absolute atomic E-state index is 10.9. The van der Waals surface area contributed by atoms with Crippen LogP contribution in [0.2, 0.25) is 0 Å². The van der Waals surface area contributed by atoms with Gasteiger partial charge in [-0.2, -0.15) is 0 Å². The second-order valence-electron chi connectivity index (χ2n) is 4.05. The van der Waals surface area contributed by atoms with E-state index >= 15 is 0 Å². The van der Waals surface area contributed by atoms with Gasteiger partial charge in [0.2, 0.25) is 5.91 Å². The highest BCUT2D eigenvalue weighted by Gasteiger charge is 1.94. The molecule has 0 aromatic heterocycles. The molecule has 2 rings (SSSR count). The zero-order chi connectivity index (χ0) is 12.8. The number of hydrogen-bond donors (Lipinski definition) is 1. The lowest BCUT2D eigenvalue weighted by Crippen LogP contribution is -2.05. The zero-order valence-corrected chi connectivity index (χ0v) is 10.3. The number of nitrogens with one attached hydrogen (secondary N) is 1. The van der Waals surface area contributed by atoms with Crippen molar-refractivity contribution in [2.45, 2.75) is 6.92 Å². The molecule has 0 aliphatic carbocycles. The van der Waals surface area contributed by atoms with Crippen LogP contribution in [0.4, 0.5) is 5.69 Å². The van der Waals surface area contributed by atoms with Crippen LogP contribution in [-0.4, -0.2) is 5.91 Å². The molecule has 0 atom stereocenters. The Labute approximate surface area is 107 Å². The molecule has 0 saturated heterocycles. The Hall–Kier alpha value is -2.35. The quantitative estimate of drug-likeness (QED) is 0.808. The first-order valence-electron chi connectivity index (χ1n) is 5.85. The van der Waals surface area contributed by atoms with Crippen LogP contribution in [0.15, 0.2) is 54.6 Å². The molecule has 0 saturated carbocycles. The van der Waals surface area contributed by atoms with Gasteiger partial charge in [-0.15, -0.1) is 0 Å². The van der Waals surface area contributed by atoms with Crippen LogP contribution >= 0.6 is 0 Å². The summed E-state index contributed by atoms with van der Waals surface area (Å²) in [6.45, 7) is 1.50. The van der Waals surface area contributed by atoms with Crippen molar-refractivity contribution < 1.29 is 4.79 Å². The predicted octanol–water partition coefficient (Wildman–Crippen LogP) is 3.82. The van der Waals surface area contributed by atoms with Gasteiger partial charge < -0.3 is 5.32 Å². The first-order valence-corrected chi connectivity index (χ1v) is 5.85. The standard InChI is InChI=1S/C16H15NO/c1-13(18)17-16-11-9-15(10-12-16)8-7-14-5-3-2-4-6-14/h2-12H,1H3,(H,17,18)/b8-7+. The summed E-state index contributed by atoms with van der Waals surface area (Å²) in [5, 5.41) is 2.74. The van der Waals surface area contributed by atoms with Gasteiger partial charge in [0.05, 0.1) is 0 Å². The molecule has 18 heavy (non-hydrogen) atoms. The minimum atomic E-state index is -0.0532. The maximum atomic E-state index is 10.9. The summed E-state index contributed by atoms with van der Waals surface area (Å²) in [6.07, 6.45) is 4.11. The largest absolute Gasteiger partial charge is 0.326 e. The highest BCUT2D eigenvalue weighted by molar-refractivity contribution is 5.88. The fourth-order valence-electron chi connectivity index (χ4n) is 1.64. The maximum Gasteiger partial charge on any atom is 0.221 e. The third kappa shape index (κ3) is 3.59. The topological polar surface area (TPSA) is 29.1 Å².